The monoisotopic (exact) mass is 470 g/mol. The van der Waals surface area contributed by atoms with E-state index in [9.17, 15) is 0 Å². The molecule has 0 heterocycles. The molecule has 6 heteroatoms. The molecule has 0 aliphatic heterocycles. The van der Waals surface area contributed by atoms with Crippen LogP contribution in [0, 0.1) is 39.5 Å². The van der Waals surface area contributed by atoms with E-state index in [1.54, 1.807) is 12.8 Å². The van der Waals surface area contributed by atoms with Gasteiger partial charge in [-0.15, -0.1) is 0 Å². The molecule has 2 N–H and O–H groups in total. The molecule has 4 nitrogen and oxygen atoms in total. The van der Waals surface area contributed by atoms with Crippen molar-refractivity contribution in [1.82, 2.24) is 0 Å². The molecule has 0 rings (SSSR count). The van der Waals surface area contributed by atoms with E-state index in [4.69, 9.17) is 19.8 Å². The third kappa shape index (κ3) is 299. The molecule has 0 bridgehead atoms. The van der Waals surface area contributed by atoms with Gasteiger partial charge in [-0.2, -0.15) is 0 Å². The minimum Gasteiger partial charge on any atom is -0.481 e. The molecule has 0 atom stereocenters. The Kier molecular flexibility index (Phi) is 79.0. The Labute approximate surface area is 152 Å². The van der Waals surface area contributed by atoms with E-state index in [2.05, 4.69) is 27.7 Å². The average Bonchev–Trinajstić information content (AvgIpc) is 2.19. The second kappa shape index (κ2) is 42.7. The number of unbranched alkanes of at least 4 members (excludes halogenated alkanes) is 4. The first-order valence-electron chi connectivity index (χ1n) is 5.57. The smallest absolute Gasteiger partial charge is 0.300 e. The summed E-state index contributed by atoms with van der Waals surface area (Å²) in [7, 11) is 0. The summed E-state index contributed by atoms with van der Waals surface area (Å²) in [5.74, 6) is -1.67. The van der Waals surface area contributed by atoms with Crippen LogP contribution in [0.25, 0.3) is 0 Å². The Morgan fingerprint density at radius 3 is 1.00 bits per heavy atom. The Bertz CT molecular complexity index is 135. The van der Waals surface area contributed by atoms with Crippen molar-refractivity contribution in [1.29, 1.82) is 0 Å². The first-order chi connectivity index (χ1) is 8.29. The number of hydrogen-bond acceptors (Lipinski definition) is 2. The zero-order chi connectivity index (χ0) is 15.4. The predicted molar refractivity (Wildman–Crippen MR) is 75.1 cm³/mol. The van der Waals surface area contributed by atoms with Gasteiger partial charge in [-0.3, -0.25) is 9.59 Å². The summed E-state index contributed by atoms with van der Waals surface area (Å²) in [5.41, 5.74) is 0. The summed E-state index contributed by atoms with van der Waals surface area (Å²) in [6.07, 6.45) is 9.84. The molecule has 0 aliphatic carbocycles. The maximum absolute atomic E-state index is 9.00. The van der Waals surface area contributed by atoms with Crippen LogP contribution in [0.5, 0.6) is 0 Å². The topological polar surface area (TPSA) is 74.6 Å². The SMILES string of the molecule is CC(=O)O.CC(=O)O.[CH2][CH][CH]CC.[CH2][CH][CH]CC.[Pd].[Pd]. The number of carboxylic acids is 2. The predicted octanol–water partition coefficient (Wildman–Crippen LogP) is 3.45. The van der Waals surface area contributed by atoms with E-state index >= 15 is 0 Å². The van der Waals surface area contributed by atoms with Crippen LogP contribution in [0.1, 0.15) is 40.5 Å². The third-order valence-electron chi connectivity index (χ3n) is 0.805. The molecular formula is C14H26O4Pd2. The van der Waals surface area contributed by atoms with Crippen molar-refractivity contribution in [2.45, 2.75) is 40.5 Å². The molecule has 0 aromatic rings. The molecule has 0 amide bonds. The number of carbonyl (C=O) groups is 2. The molecule has 0 saturated carbocycles. The zero-order valence-electron chi connectivity index (χ0n) is 12.5. The molecule has 0 aromatic carbocycles. The molecule has 0 saturated heterocycles. The Balaban J connectivity index is -0.0000000318. The molecular weight excluding hydrogens is 445 g/mol. The van der Waals surface area contributed by atoms with Gasteiger partial charge in [0.1, 0.15) is 0 Å². The molecule has 0 aromatic heterocycles. The van der Waals surface area contributed by atoms with Gasteiger partial charge in [0.2, 0.25) is 0 Å². The molecule has 20 heavy (non-hydrogen) atoms. The van der Waals surface area contributed by atoms with Gasteiger partial charge in [0.05, 0.1) is 0 Å². The van der Waals surface area contributed by atoms with Crippen LogP contribution in [0.3, 0.4) is 0 Å². The fraction of sp³-hybridized carbons (Fsp3) is 0.429. The van der Waals surface area contributed by atoms with Crippen LogP contribution in [0.4, 0.5) is 0 Å². The fourth-order valence-electron chi connectivity index (χ4n) is 0.333. The van der Waals surface area contributed by atoms with Gasteiger partial charge in [0.15, 0.2) is 0 Å². The van der Waals surface area contributed by atoms with E-state index in [0.717, 1.165) is 26.7 Å². The average molecular weight is 471 g/mol. The van der Waals surface area contributed by atoms with Crippen molar-refractivity contribution in [3.63, 3.8) is 0 Å². The van der Waals surface area contributed by atoms with Gasteiger partial charge in [-0.05, 0) is 39.5 Å². The van der Waals surface area contributed by atoms with Crippen molar-refractivity contribution in [3.8, 4) is 0 Å². The quantitative estimate of drug-likeness (QED) is 0.617. The number of aliphatic carboxylic acids is 2. The van der Waals surface area contributed by atoms with Gasteiger partial charge in [0, 0.05) is 54.7 Å². The first kappa shape index (κ1) is 37.0. The molecule has 6 radical (unpaired) electrons. The Morgan fingerprint density at radius 1 is 0.850 bits per heavy atom. The van der Waals surface area contributed by atoms with E-state index in [1.807, 2.05) is 12.8 Å². The van der Waals surface area contributed by atoms with Gasteiger partial charge in [-0.1, -0.05) is 26.7 Å². The Hall–Kier alpha value is 0.265. The largest absolute Gasteiger partial charge is 0.481 e. The van der Waals surface area contributed by atoms with E-state index < -0.39 is 11.9 Å². The molecule has 0 spiro atoms. The molecule has 0 aliphatic rings. The maximum Gasteiger partial charge on any atom is 0.300 e. The van der Waals surface area contributed by atoms with Crippen LogP contribution >= 0.6 is 0 Å². The van der Waals surface area contributed by atoms with Crippen LogP contribution in [-0.2, 0) is 50.4 Å². The number of rotatable bonds is 4. The van der Waals surface area contributed by atoms with Crippen LogP contribution in [-0.4, -0.2) is 22.2 Å². The fourth-order valence-corrected chi connectivity index (χ4v) is 0.333. The maximum atomic E-state index is 9.00. The van der Waals surface area contributed by atoms with Crippen LogP contribution in [0.15, 0.2) is 0 Å². The van der Waals surface area contributed by atoms with Gasteiger partial charge < -0.3 is 10.2 Å². The summed E-state index contributed by atoms with van der Waals surface area (Å²) in [5, 5.41) is 14.8. The molecule has 0 fully saturated rings. The van der Waals surface area contributed by atoms with E-state index in [-0.39, 0.29) is 40.8 Å². The summed E-state index contributed by atoms with van der Waals surface area (Å²) in [6, 6.07) is 0. The summed E-state index contributed by atoms with van der Waals surface area (Å²) < 4.78 is 0. The minimum atomic E-state index is -0.833. The van der Waals surface area contributed by atoms with Crippen molar-refractivity contribution < 1.29 is 60.6 Å². The first-order valence-corrected chi connectivity index (χ1v) is 5.57. The van der Waals surface area contributed by atoms with Crippen molar-refractivity contribution >= 4 is 11.9 Å². The summed E-state index contributed by atoms with van der Waals surface area (Å²) in [6.45, 7) is 13.3. The zero-order valence-corrected chi connectivity index (χ0v) is 15.6. The minimum absolute atomic E-state index is 0. The summed E-state index contributed by atoms with van der Waals surface area (Å²) in [4.78, 5) is 18.0. The standard InChI is InChI=1S/2C5H9.2C2H4O2.2Pd/c2*1-3-5-4-2;2*1-2(3)4;;/h2*3,5H,1,4H2,2H3;2*1H3,(H,3,4);;. The van der Waals surface area contributed by atoms with Crippen LogP contribution < -0.4 is 0 Å². The second-order valence-electron chi connectivity index (χ2n) is 2.80. The van der Waals surface area contributed by atoms with Crippen LogP contribution in [0.2, 0.25) is 0 Å². The van der Waals surface area contributed by atoms with Crippen molar-refractivity contribution in [2.24, 2.45) is 0 Å². The molecule has 0 unspecified atom stereocenters. The summed E-state index contributed by atoms with van der Waals surface area (Å²) >= 11 is 0. The van der Waals surface area contributed by atoms with Gasteiger partial charge in [-0.25, -0.2) is 0 Å². The van der Waals surface area contributed by atoms with Crippen molar-refractivity contribution in [3.05, 3.63) is 39.5 Å². The normalized spacial score (nSPS) is 6.70. The number of carboxylic acid groups (broad SMARTS) is 2. The Morgan fingerprint density at radius 2 is 1.00 bits per heavy atom. The third-order valence-corrected chi connectivity index (χ3v) is 0.805. The van der Waals surface area contributed by atoms with Gasteiger partial charge >= 0.3 is 0 Å². The van der Waals surface area contributed by atoms with E-state index in [1.165, 1.54) is 0 Å². The molecule has 126 valence electrons. The number of hydrogen-bond donors (Lipinski definition) is 2. The second-order valence-corrected chi connectivity index (χ2v) is 2.80. The van der Waals surface area contributed by atoms with Crippen molar-refractivity contribution in [2.75, 3.05) is 0 Å². The van der Waals surface area contributed by atoms with E-state index in [0.29, 0.717) is 0 Å². The van der Waals surface area contributed by atoms with Gasteiger partial charge in [0.25, 0.3) is 11.9 Å².